The van der Waals surface area contributed by atoms with Gasteiger partial charge in [0.2, 0.25) is 0 Å². The van der Waals surface area contributed by atoms with Crippen LogP contribution < -0.4 is 5.32 Å². The second kappa shape index (κ2) is 7.68. The van der Waals surface area contributed by atoms with Crippen molar-refractivity contribution >= 4 is 29.6 Å². The number of hydrogen-bond acceptors (Lipinski definition) is 3. The molecular weight excluding hydrogens is 384 g/mol. The molecule has 29 heavy (non-hydrogen) atoms. The number of rotatable bonds is 4. The molecule has 1 saturated carbocycles. The van der Waals surface area contributed by atoms with E-state index in [0.29, 0.717) is 11.5 Å². The minimum atomic E-state index is -0.132. The molecule has 0 spiro atoms. The summed E-state index contributed by atoms with van der Waals surface area (Å²) in [4.78, 5) is 21.7. The maximum absolute atomic E-state index is 12.7. The second-order valence-corrected chi connectivity index (χ2v) is 7.25. The average molecular weight is 405 g/mol. The molecule has 3 aromatic heterocycles. The quantitative estimate of drug-likeness (QED) is 0.505. The van der Waals surface area contributed by atoms with Gasteiger partial charge in [-0.1, -0.05) is 18.2 Å². The fourth-order valence-corrected chi connectivity index (χ4v) is 3.53. The van der Waals surface area contributed by atoms with E-state index >= 15 is 0 Å². The highest BCUT2D eigenvalue weighted by molar-refractivity contribution is 6.04. The van der Waals surface area contributed by atoms with Gasteiger partial charge in [0.1, 0.15) is 5.65 Å². The molecule has 5 rings (SSSR count). The van der Waals surface area contributed by atoms with Gasteiger partial charge in [-0.05, 0) is 56.2 Å². The van der Waals surface area contributed by atoms with E-state index in [1.165, 1.54) is 18.5 Å². The third kappa shape index (κ3) is 3.74. The number of hydrogen-bond donors (Lipinski definition) is 1. The van der Waals surface area contributed by atoms with Gasteiger partial charge in [0.25, 0.3) is 5.91 Å². The number of nitrogens with zero attached hydrogens (tertiary/aromatic N) is 3. The van der Waals surface area contributed by atoms with E-state index in [-0.39, 0.29) is 18.3 Å². The zero-order chi connectivity index (χ0) is 19.1. The molecule has 6 heteroatoms. The number of pyridine rings is 2. The Hall–Kier alpha value is -3.18. The first kappa shape index (κ1) is 19.2. The standard InChI is InChI=1S/C23H20N4O.ClH/c1-15-22(17-7-8-17)26-21-12-11-19(14-27(15)21)25-23(28)18-9-5-16(6-10-18)20-4-2-3-13-24-20;/h2-6,9-14,17H,7-8H2,1H3,(H,25,28);1H. The van der Waals surface area contributed by atoms with Crippen LogP contribution in [0.2, 0.25) is 0 Å². The normalized spacial score (nSPS) is 13.1. The molecule has 1 aliphatic carbocycles. The lowest BCUT2D eigenvalue weighted by molar-refractivity contribution is 0.102. The van der Waals surface area contributed by atoms with E-state index in [4.69, 9.17) is 4.98 Å². The molecule has 1 aliphatic rings. The fraction of sp³-hybridized carbons (Fsp3) is 0.174. The molecule has 1 aromatic carbocycles. The highest BCUT2D eigenvalue weighted by atomic mass is 35.5. The SMILES string of the molecule is Cc1c(C2CC2)nc2ccc(NC(=O)c3ccc(-c4ccccn4)cc3)cn12.Cl. The van der Waals surface area contributed by atoms with E-state index < -0.39 is 0 Å². The number of anilines is 1. The summed E-state index contributed by atoms with van der Waals surface area (Å²) in [5, 5.41) is 2.99. The third-order valence-electron chi connectivity index (χ3n) is 5.22. The van der Waals surface area contributed by atoms with Gasteiger partial charge in [-0.2, -0.15) is 0 Å². The molecule has 5 nitrogen and oxygen atoms in total. The number of halogens is 1. The zero-order valence-electron chi connectivity index (χ0n) is 16.0. The van der Waals surface area contributed by atoms with E-state index in [1.54, 1.807) is 6.20 Å². The van der Waals surface area contributed by atoms with Crippen LogP contribution in [0.3, 0.4) is 0 Å². The largest absolute Gasteiger partial charge is 0.321 e. The van der Waals surface area contributed by atoms with Crippen LogP contribution in [-0.4, -0.2) is 20.3 Å². The van der Waals surface area contributed by atoms with E-state index in [1.807, 2.05) is 60.8 Å². The molecule has 1 amide bonds. The Kier molecular flexibility index (Phi) is 5.07. The molecule has 0 atom stereocenters. The van der Waals surface area contributed by atoms with Crippen molar-refractivity contribution in [1.82, 2.24) is 14.4 Å². The molecule has 1 fully saturated rings. The van der Waals surface area contributed by atoms with Gasteiger partial charge in [0, 0.05) is 35.1 Å². The van der Waals surface area contributed by atoms with Crippen molar-refractivity contribution in [3.63, 3.8) is 0 Å². The summed E-state index contributed by atoms with van der Waals surface area (Å²) < 4.78 is 2.06. The van der Waals surface area contributed by atoms with Crippen LogP contribution in [0.15, 0.2) is 67.0 Å². The highest BCUT2D eigenvalue weighted by Gasteiger charge is 2.28. The van der Waals surface area contributed by atoms with E-state index in [2.05, 4.69) is 21.6 Å². The Labute approximate surface area is 175 Å². The number of fused-ring (bicyclic) bond motifs is 1. The number of carbonyl (C=O) groups is 1. The van der Waals surface area contributed by atoms with Crippen LogP contribution in [0, 0.1) is 6.92 Å². The van der Waals surface area contributed by atoms with Crippen LogP contribution in [0.1, 0.15) is 40.5 Å². The summed E-state index contributed by atoms with van der Waals surface area (Å²) in [7, 11) is 0. The molecule has 3 heterocycles. The van der Waals surface area contributed by atoms with Crippen LogP contribution in [0.4, 0.5) is 5.69 Å². The smallest absolute Gasteiger partial charge is 0.255 e. The topological polar surface area (TPSA) is 59.3 Å². The predicted octanol–water partition coefficient (Wildman–Crippen LogP) is 5.26. The molecule has 0 bridgehead atoms. The molecule has 0 aliphatic heterocycles. The second-order valence-electron chi connectivity index (χ2n) is 7.25. The lowest BCUT2D eigenvalue weighted by Gasteiger charge is -2.07. The summed E-state index contributed by atoms with van der Waals surface area (Å²) in [6, 6.07) is 17.1. The minimum Gasteiger partial charge on any atom is -0.321 e. The van der Waals surface area contributed by atoms with Crippen molar-refractivity contribution < 1.29 is 4.79 Å². The molecule has 0 radical (unpaired) electrons. The molecule has 0 saturated heterocycles. The summed E-state index contributed by atoms with van der Waals surface area (Å²) in [5.41, 5.74) is 6.52. The Morgan fingerprint density at radius 1 is 1.07 bits per heavy atom. The number of aromatic nitrogens is 3. The van der Waals surface area contributed by atoms with Gasteiger partial charge in [-0.25, -0.2) is 4.98 Å². The van der Waals surface area contributed by atoms with Gasteiger partial charge >= 0.3 is 0 Å². The van der Waals surface area contributed by atoms with Crippen molar-refractivity contribution in [2.75, 3.05) is 5.32 Å². The summed E-state index contributed by atoms with van der Waals surface area (Å²) in [6.07, 6.45) is 6.16. The van der Waals surface area contributed by atoms with Gasteiger partial charge in [-0.15, -0.1) is 12.4 Å². The van der Waals surface area contributed by atoms with Crippen molar-refractivity contribution in [1.29, 1.82) is 0 Å². The molecule has 4 aromatic rings. The van der Waals surface area contributed by atoms with Crippen molar-refractivity contribution in [2.24, 2.45) is 0 Å². The Bertz CT molecular complexity index is 1160. The first-order valence-electron chi connectivity index (χ1n) is 9.50. The summed E-state index contributed by atoms with van der Waals surface area (Å²) in [5.74, 6) is 0.475. The van der Waals surface area contributed by atoms with Crippen molar-refractivity contribution in [3.05, 3.63) is 83.9 Å². The molecular formula is C23H21ClN4O. The monoisotopic (exact) mass is 404 g/mol. The van der Waals surface area contributed by atoms with E-state index in [9.17, 15) is 4.79 Å². The van der Waals surface area contributed by atoms with Crippen LogP contribution in [0.5, 0.6) is 0 Å². The van der Waals surface area contributed by atoms with Gasteiger partial charge in [0.05, 0.1) is 17.1 Å². The van der Waals surface area contributed by atoms with Gasteiger partial charge in [-0.3, -0.25) is 9.78 Å². The highest BCUT2D eigenvalue weighted by Crippen LogP contribution is 2.41. The first-order chi connectivity index (χ1) is 13.7. The number of amides is 1. The Balaban J connectivity index is 0.00000205. The molecule has 0 unspecified atom stereocenters. The molecule has 1 N–H and O–H groups in total. The maximum atomic E-state index is 12.7. The van der Waals surface area contributed by atoms with Gasteiger partial charge < -0.3 is 9.72 Å². The van der Waals surface area contributed by atoms with Crippen molar-refractivity contribution in [2.45, 2.75) is 25.7 Å². The number of benzene rings is 1. The fourth-order valence-electron chi connectivity index (χ4n) is 3.53. The van der Waals surface area contributed by atoms with Crippen LogP contribution in [0.25, 0.3) is 16.9 Å². The zero-order valence-corrected chi connectivity index (χ0v) is 16.8. The Morgan fingerprint density at radius 2 is 1.86 bits per heavy atom. The van der Waals surface area contributed by atoms with Gasteiger partial charge in [0.15, 0.2) is 0 Å². The lowest BCUT2D eigenvalue weighted by atomic mass is 10.1. The number of carbonyl (C=O) groups excluding carboxylic acids is 1. The third-order valence-corrected chi connectivity index (χ3v) is 5.22. The van der Waals surface area contributed by atoms with Crippen molar-refractivity contribution in [3.8, 4) is 11.3 Å². The number of nitrogens with one attached hydrogen (secondary N) is 1. The summed E-state index contributed by atoms with van der Waals surface area (Å²) in [6.45, 7) is 2.09. The summed E-state index contributed by atoms with van der Waals surface area (Å²) >= 11 is 0. The number of aryl methyl sites for hydroxylation is 1. The lowest BCUT2D eigenvalue weighted by Crippen LogP contribution is -2.12. The Morgan fingerprint density at radius 3 is 2.55 bits per heavy atom. The number of imidazole rings is 1. The minimum absolute atomic E-state index is 0. The predicted molar refractivity (Wildman–Crippen MR) is 117 cm³/mol. The first-order valence-corrected chi connectivity index (χ1v) is 9.50. The van der Waals surface area contributed by atoms with Crippen LogP contribution in [-0.2, 0) is 0 Å². The van der Waals surface area contributed by atoms with Crippen LogP contribution >= 0.6 is 12.4 Å². The molecule has 146 valence electrons. The maximum Gasteiger partial charge on any atom is 0.255 e. The van der Waals surface area contributed by atoms with E-state index in [0.717, 1.165) is 28.3 Å². The average Bonchev–Trinajstić information content (AvgIpc) is 3.53.